The standard InChI is InChI=1S/C18H15ClF3NO3S/c19-11-5-6-13(12(8-11)18(20,21)22)23-16(24)9-26-17(25)15-7-10-3-1-2-4-14(10)27-15/h5-8H,1-4,9H2,(H,23,24). The van der Waals surface area contributed by atoms with E-state index in [0.717, 1.165) is 48.3 Å². The Morgan fingerprint density at radius 3 is 2.63 bits per heavy atom. The summed E-state index contributed by atoms with van der Waals surface area (Å²) >= 11 is 6.93. The molecule has 1 aliphatic carbocycles. The molecule has 144 valence electrons. The van der Waals surface area contributed by atoms with Gasteiger partial charge in [0.25, 0.3) is 5.91 Å². The van der Waals surface area contributed by atoms with Crippen LogP contribution in [0.1, 0.15) is 38.5 Å². The van der Waals surface area contributed by atoms with Gasteiger partial charge < -0.3 is 10.1 Å². The molecule has 1 aliphatic rings. The molecule has 0 atom stereocenters. The van der Waals surface area contributed by atoms with Gasteiger partial charge in [0.1, 0.15) is 4.88 Å². The summed E-state index contributed by atoms with van der Waals surface area (Å²) in [7, 11) is 0. The smallest absolute Gasteiger partial charge is 0.418 e. The first-order valence-electron chi connectivity index (χ1n) is 8.19. The molecule has 0 unspecified atom stereocenters. The van der Waals surface area contributed by atoms with Crippen molar-refractivity contribution in [1.82, 2.24) is 0 Å². The van der Waals surface area contributed by atoms with Crippen LogP contribution < -0.4 is 5.32 Å². The Bertz CT molecular complexity index is 856. The molecule has 4 nitrogen and oxygen atoms in total. The number of nitrogens with one attached hydrogen (secondary N) is 1. The molecule has 2 aromatic rings. The molecule has 3 rings (SSSR count). The topological polar surface area (TPSA) is 55.4 Å². The first-order chi connectivity index (χ1) is 12.7. The molecule has 0 aliphatic heterocycles. The highest BCUT2D eigenvalue weighted by Gasteiger charge is 2.34. The number of benzene rings is 1. The molecule has 1 aromatic carbocycles. The lowest BCUT2D eigenvalue weighted by atomic mass is 9.99. The number of ether oxygens (including phenoxy) is 1. The third-order valence-corrected chi connectivity index (χ3v) is 5.55. The maximum atomic E-state index is 13.0. The normalized spacial score (nSPS) is 13.8. The maximum Gasteiger partial charge on any atom is 0.418 e. The van der Waals surface area contributed by atoms with E-state index in [1.54, 1.807) is 6.07 Å². The van der Waals surface area contributed by atoms with E-state index in [-0.39, 0.29) is 5.02 Å². The van der Waals surface area contributed by atoms with Gasteiger partial charge in [-0.1, -0.05) is 11.6 Å². The number of fused-ring (bicyclic) bond motifs is 1. The lowest BCUT2D eigenvalue weighted by Crippen LogP contribution is -2.22. The number of hydrogen-bond acceptors (Lipinski definition) is 4. The second-order valence-electron chi connectivity index (χ2n) is 6.08. The van der Waals surface area contributed by atoms with Gasteiger partial charge in [-0.25, -0.2) is 4.79 Å². The Morgan fingerprint density at radius 2 is 1.93 bits per heavy atom. The first kappa shape index (κ1) is 19.7. The van der Waals surface area contributed by atoms with Crippen LogP contribution >= 0.6 is 22.9 Å². The van der Waals surface area contributed by atoms with Gasteiger partial charge in [0, 0.05) is 9.90 Å². The highest BCUT2D eigenvalue weighted by atomic mass is 35.5. The molecule has 9 heteroatoms. The Balaban J connectivity index is 1.62. The molecule has 1 heterocycles. The lowest BCUT2D eigenvalue weighted by Gasteiger charge is -2.14. The van der Waals surface area contributed by atoms with Crippen LogP contribution in [0.3, 0.4) is 0 Å². The van der Waals surface area contributed by atoms with E-state index in [9.17, 15) is 22.8 Å². The third-order valence-electron chi connectivity index (χ3n) is 4.09. The molecular formula is C18H15ClF3NO3S. The number of rotatable bonds is 4. The van der Waals surface area contributed by atoms with Crippen LogP contribution in [0.25, 0.3) is 0 Å². The van der Waals surface area contributed by atoms with Crippen LogP contribution in [0.5, 0.6) is 0 Å². The molecule has 1 amide bonds. The van der Waals surface area contributed by atoms with E-state index >= 15 is 0 Å². The van der Waals surface area contributed by atoms with Gasteiger partial charge in [-0.05, 0) is 55.5 Å². The van der Waals surface area contributed by atoms with Gasteiger partial charge in [0.15, 0.2) is 6.61 Å². The third kappa shape index (κ3) is 4.81. The number of anilines is 1. The zero-order valence-electron chi connectivity index (χ0n) is 14.0. The maximum absolute atomic E-state index is 13.0. The van der Waals surface area contributed by atoms with Gasteiger partial charge in [-0.2, -0.15) is 13.2 Å². The van der Waals surface area contributed by atoms with E-state index < -0.39 is 35.9 Å². The van der Waals surface area contributed by atoms with Gasteiger partial charge in [-0.15, -0.1) is 11.3 Å². The van der Waals surface area contributed by atoms with Crippen molar-refractivity contribution in [3.8, 4) is 0 Å². The summed E-state index contributed by atoms with van der Waals surface area (Å²) in [5, 5.41) is 2.01. The van der Waals surface area contributed by atoms with Gasteiger partial charge in [0.2, 0.25) is 0 Å². The number of esters is 1. The molecule has 1 aromatic heterocycles. The largest absolute Gasteiger partial charge is 0.451 e. The molecule has 0 spiro atoms. The quantitative estimate of drug-likeness (QED) is 0.704. The van der Waals surface area contributed by atoms with E-state index in [4.69, 9.17) is 16.3 Å². The van der Waals surface area contributed by atoms with Crippen molar-refractivity contribution < 1.29 is 27.5 Å². The summed E-state index contributed by atoms with van der Waals surface area (Å²) in [6, 6.07) is 4.77. The minimum atomic E-state index is -4.68. The van der Waals surface area contributed by atoms with Crippen LogP contribution in [-0.2, 0) is 28.5 Å². The minimum absolute atomic E-state index is 0.103. The Hall–Kier alpha value is -2.06. The van der Waals surface area contributed by atoms with Crippen molar-refractivity contribution in [2.45, 2.75) is 31.9 Å². The Morgan fingerprint density at radius 1 is 1.19 bits per heavy atom. The summed E-state index contributed by atoms with van der Waals surface area (Å²) in [4.78, 5) is 25.6. The second kappa shape index (κ2) is 7.90. The molecule has 0 fully saturated rings. The zero-order valence-corrected chi connectivity index (χ0v) is 15.6. The fourth-order valence-corrected chi connectivity index (χ4v) is 4.16. The fraction of sp³-hybridized carbons (Fsp3) is 0.333. The van der Waals surface area contributed by atoms with Crippen LogP contribution in [-0.4, -0.2) is 18.5 Å². The van der Waals surface area contributed by atoms with Crippen molar-refractivity contribution in [3.05, 3.63) is 50.2 Å². The van der Waals surface area contributed by atoms with Gasteiger partial charge >= 0.3 is 12.1 Å². The number of amides is 1. The van der Waals surface area contributed by atoms with Crippen LogP contribution in [0.15, 0.2) is 24.3 Å². The number of carbonyl (C=O) groups excluding carboxylic acids is 2. The van der Waals surface area contributed by atoms with Crippen molar-refractivity contribution in [3.63, 3.8) is 0 Å². The number of alkyl halides is 3. The van der Waals surface area contributed by atoms with E-state index in [1.807, 2.05) is 0 Å². The number of carbonyl (C=O) groups is 2. The fourth-order valence-electron chi connectivity index (χ4n) is 2.84. The van der Waals surface area contributed by atoms with E-state index in [2.05, 4.69) is 5.32 Å². The summed E-state index contributed by atoms with van der Waals surface area (Å²) in [6.07, 6.45) is -0.697. The van der Waals surface area contributed by atoms with E-state index in [0.29, 0.717) is 4.88 Å². The summed E-state index contributed by atoms with van der Waals surface area (Å²) in [5.41, 5.74) is -0.390. The predicted molar refractivity (Wildman–Crippen MR) is 96.3 cm³/mol. The van der Waals surface area contributed by atoms with Gasteiger partial charge in [0.05, 0.1) is 11.3 Å². The molecule has 0 saturated heterocycles. The number of hydrogen-bond donors (Lipinski definition) is 1. The van der Waals surface area contributed by atoms with E-state index in [1.165, 1.54) is 17.4 Å². The van der Waals surface area contributed by atoms with Gasteiger partial charge in [-0.3, -0.25) is 4.79 Å². The first-order valence-corrected chi connectivity index (χ1v) is 9.39. The highest BCUT2D eigenvalue weighted by molar-refractivity contribution is 7.14. The summed E-state index contributed by atoms with van der Waals surface area (Å²) in [5.74, 6) is -1.52. The highest BCUT2D eigenvalue weighted by Crippen LogP contribution is 2.36. The number of aryl methyl sites for hydroxylation is 2. The SMILES string of the molecule is O=C(COC(=O)c1cc2c(s1)CCCC2)Nc1ccc(Cl)cc1C(F)(F)F. The molecular weight excluding hydrogens is 403 g/mol. The predicted octanol–water partition coefficient (Wildman–Crippen LogP) is 5.09. The average molecular weight is 418 g/mol. The van der Waals surface area contributed by atoms with Crippen LogP contribution in [0.2, 0.25) is 5.02 Å². The zero-order chi connectivity index (χ0) is 19.6. The van der Waals surface area contributed by atoms with Crippen molar-refractivity contribution in [1.29, 1.82) is 0 Å². The molecule has 1 N–H and O–H groups in total. The average Bonchev–Trinajstić information content (AvgIpc) is 3.04. The molecule has 0 radical (unpaired) electrons. The summed E-state index contributed by atoms with van der Waals surface area (Å²) in [6.45, 7) is -0.679. The lowest BCUT2D eigenvalue weighted by molar-refractivity contribution is -0.137. The second-order valence-corrected chi connectivity index (χ2v) is 7.65. The van der Waals surface area contributed by atoms with Crippen molar-refractivity contribution >= 4 is 40.5 Å². The minimum Gasteiger partial charge on any atom is -0.451 e. The Labute approximate surface area is 162 Å². The van der Waals surface area contributed by atoms with Crippen molar-refractivity contribution in [2.24, 2.45) is 0 Å². The monoisotopic (exact) mass is 417 g/mol. The number of halogens is 4. The molecule has 27 heavy (non-hydrogen) atoms. The van der Waals surface area contributed by atoms with Crippen LogP contribution in [0.4, 0.5) is 18.9 Å². The Kier molecular flexibility index (Phi) is 5.76. The number of thiophene rings is 1. The van der Waals surface area contributed by atoms with Crippen LogP contribution in [0, 0.1) is 0 Å². The summed E-state index contributed by atoms with van der Waals surface area (Å²) < 4.78 is 44.0. The molecule has 0 saturated carbocycles. The van der Waals surface area contributed by atoms with Crippen molar-refractivity contribution in [2.75, 3.05) is 11.9 Å². The molecule has 0 bridgehead atoms.